The molecule has 0 aliphatic carbocycles. The predicted molar refractivity (Wildman–Crippen MR) is 134 cm³/mol. The first-order valence-electron chi connectivity index (χ1n) is 11.5. The van der Waals surface area contributed by atoms with Gasteiger partial charge in [-0.1, -0.05) is 66.2 Å². The van der Waals surface area contributed by atoms with Gasteiger partial charge in [0.2, 0.25) is 11.8 Å². The smallest absolute Gasteiger partial charge is 0.329 e. The van der Waals surface area contributed by atoms with Crippen LogP contribution in [0.15, 0.2) is 83.3 Å². The normalized spacial score (nSPS) is 25.5. The molecule has 1 aromatic heterocycles. The lowest BCUT2D eigenvalue weighted by atomic mass is 9.75. The van der Waals surface area contributed by atoms with Crippen LogP contribution in [0.2, 0.25) is 5.02 Å². The molecular weight excluding hydrogens is 480 g/mol. The van der Waals surface area contributed by atoms with Crippen molar-refractivity contribution in [1.82, 2.24) is 5.32 Å². The molecule has 0 saturated carbocycles. The zero-order valence-electron chi connectivity index (χ0n) is 19.1. The summed E-state index contributed by atoms with van der Waals surface area (Å²) in [6.07, 6.45) is 0. The number of furan rings is 1. The third kappa shape index (κ3) is 3.06. The molecule has 4 atom stereocenters. The average Bonchev–Trinajstić information content (AvgIpc) is 3.53. The second-order valence-electron chi connectivity index (χ2n) is 9.24. The van der Waals surface area contributed by atoms with Gasteiger partial charge in [0.05, 0.1) is 23.6 Å². The number of carboxylic acids is 1. The van der Waals surface area contributed by atoms with Crippen LogP contribution in [0, 0.1) is 18.8 Å². The Morgan fingerprint density at radius 3 is 2.42 bits per heavy atom. The number of para-hydroxylation sites is 1. The maximum atomic E-state index is 14.0. The SMILES string of the molecule is Cc1ccc(N2C(=O)C3C(c4cc5ccccc5o4)NC(C(=O)O)(c4ccccc4)C3C2=O)cc1Cl. The van der Waals surface area contributed by atoms with Gasteiger partial charge < -0.3 is 9.52 Å². The van der Waals surface area contributed by atoms with Crippen molar-refractivity contribution in [1.29, 1.82) is 0 Å². The topological polar surface area (TPSA) is 99.8 Å². The minimum absolute atomic E-state index is 0.311. The van der Waals surface area contributed by atoms with Crippen molar-refractivity contribution >= 4 is 46.0 Å². The highest BCUT2D eigenvalue weighted by molar-refractivity contribution is 6.32. The number of carboxylic acid groups (broad SMARTS) is 1. The van der Waals surface area contributed by atoms with Crippen LogP contribution in [0.4, 0.5) is 5.69 Å². The first-order valence-corrected chi connectivity index (χ1v) is 11.9. The average molecular weight is 501 g/mol. The Labute approximate surface area is 211 Å². The number of nitrogens with one attached hydrogen (secondary N) is 1. The fourth-order valence-corrected chi connectivity index (χ4v) is 5.74. The van der Waals surface area contributed by atoms with Gasteiger partial charge in [-0.2, -0.15) is 0 Å². The molecule has 3 aromatic carbocycles. The predicted octanol–water partition coefficient (Wildman–Crippen LogP) is 4.82. The van der Waals surface area contributed by atoms with Crippen LogP contribution in [0.3, 0.4) is 0 Å². The number of fused-ring (bicyclic) bond motifs is 2. The summed E-state index contributed by atoms with van der Waals surface area (Å²) in [6.45, 7) is 1.82. The molecule has 36 heavy (non-hydrogen) atoms. The van der Waals surface area contributed by atoms with Gasteiger partial charge in [-0.15, -0.1) is 0 Å². The molecule has 0 spiro atoms. The van der Waals surface area contributed by atoms with Gasteiger partial charge in [0.25, 0.3) is 0 Å². The van der Waals surface area contributed by atoms with E-state index in [4.69, 9.17) is 16.0 Å². The fraction of sp³-hybridized carbons (Fsp3) is 0.179. The Morgan fingerprint density at radius 1 is 1.00 bits per heavy atom. The zero-order chi connectivity index (χ0) is 25.2. The van der Waals surface area contributed by atoms with E-state index in [1.165, 1.54) is 0 Å². The van der Waals surface area contributed by atoms with Crippen LogP contribution in [-0.4, -0.2) is 22.9 Å². The van der Waals surface area contributed by atoms with E-state index in [1.807, 2.05) is 25.1 Å². The van der Waals surface area contributed by atoms with E-state index in [2.05, 4.69) is 5.32 Å². The molecule has 8 heteroatoms. The van der Waals surface area contributed by atoms with Crippen LogP contribution in [0.5, 0.6) is 0 Å². The maximum Gasteiger partial charge on any atom is 0.329 e. The molecule has 0 radical (unpaired) electrons. The molecule has 3 heterocycles. The number of imide groups is 1. The van der Waals surface area contributed by atoms with Gasteiger partial charge in [0, 0.05) is 10.4 Å². The number of amides is 2. The van der Waals surface area contributed by atoms with E-state index in [1.54, 1.807) is 60.7 Å². The van der Waals surface area contributed by atoms with Crippen molar-refractivity contribution in [3.8, 4) is 0 Å². The van der Waals surface area contributed by atoms with E-state index < -0.39 is 41.2 Å². The number of benzene rings is 3. The summed E-state index contributed by atoms with van der Waals surface area (Å²) in [6, 6.07) is 21.7. The van der Waals surface area contributed by atoms with Gasteiger partial charge in [0.1, 0.15) is 11.3 Å². The van der Waals surface area contributed by atoms with E-state index in [0.717, 1.165) is 15.8 Å². The highest BCUT2D eigenvalue weighted by Gasteiger charge is 2.70. The monoisotopic (exact) mass is 500 g/mol. The number of halogens is 1. The number of carbonyl (C=O) groups excluding carboxylic acids is 2. The number of aliphatic carboxylic acids is 1. The molecular formula is C28H21ClN2O5. The molecule has 2 fully saturated rings. The van der Waals surface area contributed by atoms with Crippen molar-refractivity contribution in [3.63, 3.8) is 0 Å². The molecule has 4 unspecified atom stereocenters. The molecule has 2 aliphatic rings. The summed E-state index contributed by atoms with van der Waals surface area (Å²) < 4.78 is 6.07. The molecule has 2 saturated heterocycles. The highest BCUT2D eigenvalue weighted by Crippen LogP contribution is 2.54. The molecule has 180 valence electrons. The fourth-order valence-electron chi connectivity index (χ4n) is 5.57. The molecule has 2 amide bonds. The van der Waals surface area contributed by atoms with E-state index in [0.29, 0.717) is 27.6 Å². The van der Waals surface area contributed by atoms with Gasteiger partial charge >= 0.3 is 5.97 Å². The van der Waals surface area contributed by atoms with Crippen molar-refractivity contribution in [2.45, 2.75) is 18.5 Å². The summed E-state index contributed by atoms with van der Waals surface area (Å²) in [5.41, 5.74) is 0.260. The van der Waals surface area contributed by atoms with Crippen LogP contribution in [-0.2, 0) is 19.9 Å². The summed E-state index contributed by atoms with van der Waals surface area (Å²) in [4.78, 5) is 42.0. The summed E-state index contributed by atoms with van der Waals surface area (Å²) in [7, 11) is 0. The van der Waals surface area contributed by atoms with Gasteiger partial charge in [-0.25, -0.2) is 9.69 Å². The minimum atomic E-state index is -1.84. The lowest BCUT2D eigenvalue weighted by Crippen LogP contribution is -2.53. The van der Waals surface area contributed by atoms with E-state index in [-0.39, 0.29) is 0 Å². The molecule has 7 nitrogen and oxygen atoms in total. The molecule has 4 aromatic rings. The molecule has 2 N–H and O–H groups in total. The lowest BCUT2D eigenvalue weighted by molar-refractivity contribution is -0.149. The first kappa shape index (κ1) is 22.5. The first-order chi connectivity index (χ1) is 17.3. The highest BCUT2D eigenvalue weighted by atomic mass is 35.5. The van der Waals surface area contributed by atoms with Crippen LogP contribution in [0.1, 0.15) is 22.9 Å². The lowest BCUT2D eigenvalue weighted by Gasteiger charge is -2.31. The molecule has 6 rings (SSSR count). The van der Waals surface area contributed by atoms with Crippen molar-refractivity contribution < 1.29 is 23.9 Å². The number of carbonyl (C=O) groups is 3. The second-order valence-corrected chi connectivity index (χ2v) is 9.64. The summed E-state index contributed by atoms with van der Waals surface area (Å²) in [5.74, 6) is -4.15. The number of hydrogen-bond acceptors (Lipinski definition) is 5. The number of nitrogens with zero attached hydrogens (tertiary/aromatic N) is 1. The standard InChI is InChI=1S/C28H21ClN2O5/c1-15-11-12-18(14-19(15)29)31-25(32)22-23(26(31)33)28(27(34)35,17-8-3-2-4-9-17)30-24(22)21-13-16-7-5-6-10-20(16)36-21/h2-14,22-24,30H,1H3,(H,34,35). The summed E-state index contributed by atoms with van der Waals surface area (Å²) >= 11 is 6.31. The van der Waals surface area contributed by atoms with Crippen LogP contribution >= 0.6 is 11.6 Å². The third-order valence-electron chi connectivity index (χ3n) is 7.29. The zero-order valence-corrected chi connectivity index (χ0v) is 19.9. The Hall–Kier alpha value is -3.94. The Bertz CT molecular complexity index is 1520. The van der Waals surface area contributed by atoms with Gasteiger partial charge in [0.15, 0.2) is 5.54 Å². The van der Waals surface area contributed by atoms with Crippen molar-refractivity contribution in [2.75, 3.05) is 4.90 Å². The number of hydrogen-bond donors (Lipinski definition) is 2. The van der Waals surface area contributed by atoms with Gasteiger partial charge in [-0.05, 0) is 42.3 Å². The minimum Gasteiger partial charge on any atom is -0.480 e. The largest absolute Gasteiger partial charge is 0.480 e. The van der Waals surface area contributed by atoms with Crippen molar-refractivity contribution in [2.24, 2.45) is 11.8 Å². The van der Waals surface area contributed by atoms with Crippen LogP contribution in [0.25, 0.3) is 11.0 Å². The second kappa shape index (κ2) is 8.05. The van der Waals surface area contributed by atoms with Crippen molar-refractivity contribution in [3.05, 3.63) is 101 Å². The Morgan fingerprint density at radius 2 is 1.72 bits per heavy atom. The molecule has 0 bridgehead atoms. The number of rotatable bonds is 4. The molecule has 2 aliphatic heterocycles. The van der Waals surface area contributed by atoms with E-state index >= 15 is 0 Å². The summed E-state index contributed by atoms with van der Waals surface area (Å²) in [5, 5.41) is 15.0. The Balaban J connectivity index is 1.56. The van der Waals surface area contributed by atoms with Gasteiger partial charge in [-0.3, -0.25) is 14.9 Å². The van der Waals surface area contributed by atoms with Crippen LogP contribution < -0.4 is 10.2 Å². The quantitative estimate of drug-likeness (QED) is 0.389. The van der Waals surface area contributed by atoms with E-state index in [9.17, 15) is 19.5 Å². The Kier molecular flexibility index (Phi) is 5.03. The number of aryl methyl sites for hydroxylation is 1. The maximum absolute atomic E-state index is 14.0. The number of anilines is 1. The third-order valence-corrected chi connectivity index (χ3v) is 7.70.